The molecule has 4 aromatic carbocycles. The van der Waals surface area contributed by atoms with Crippen LogP contribution in [0, 0.1) is 0 Å². The highest BCUT2D eigenvalue weighted by Gasteiger charge is 2.30. The molecule has 1 atom stereocenters. The molecular weight excluding hydrogens is 516 g/mol. The molecule has 0 aliphatic rings. The predicted molar refractivity (Wildman–Crippen MR) is 159 cm³/mol. The fraction of sp³-hybridized carbons (Fsp3) is 0.118. The number of hydrogen-bond donors (Lipinski definition) is 3. The van der Waals surface area contributed by atoms with Gasteiger partial charge in [-0.05, 0) is 60.0 Å². The number of rotatable bonds is 8. The number of carbonyl (C=O) groups excluding carboxylic acids is 1. The number of benzene rings is 4. The van der Waals surface area contributed by atoms with Gasteiger partial charge in [0.1, 0.15) is 17.1 Å². The highest BCUT2D eigenvalue weighted by molar-refractivity contribution is 5.94. The lowest BCUT2D eigenvalue weighted by Gasteiger charge is -2.20. The molecule has 2 heterocycles. The third-order valence-corrected chi connectivity index (χ3v) is 7.37. The number of fused-ring (bicyclic) bond motifs is 2. The van der Waals surface area contributed by atoms with Gasteiger partial charge in [-0.2, -0.15) is 0 Å². The van der Waals surface area contributed by atoms with E-state index in [1.165, 1.54) is 0 Å². The van der Waals surface area contributed by atoms with Crippen LogP contribution in [0.3, 0.4) is 0 Å². The van der Waals surface area contributed by atoms with Crippen LogP contribution in [-0.4, -0.2) is 29.7 Å². The van der Waals surface area contributed by atoms with Crippen LogP contribution in [0.1, 0.15) is 38.7 Å². The van der Waals surface area contributed by atoms with Crippen molar-refractivity contribution < 1.29 is 19.1 Å². The zero-order valence-corrected chi connectivity index (χ0v) is 22.4. The molecule has 0 bridgehead atoms. The Balaban J connectivity index is 1.51. The smallest absolute Gasteiger partial charge is 0.344 e. The first-order valence-corrected chi connectivity index (χ1v) is 13.4. The largest absolute Gasteiger partial charge is 0.507 e. The minimum absolute atomic E-state index is 0.123. The van der Waals surface area contributed by atoms with Gasteiger partial charge in [-0.1, -0.05) is 60.7 Å². The van der Waals surface area contributed by atoms with Crippen molar-refractivity contribution >= 4 is 27.8 Å². The Bertz CT molecular complexity index is 1920. The Hall–Kier alpha value is -5.30. The highest BCUT2D eigenvalue weighted by Crippen LogP contribution is 2.41. The first-order chi connectivity index (χ1) is 20.0. The summed E-state index contributed by atoms with van der Waals surface area (Å²) in [6.07, 6.45) is 0.484. The first-order valence-electron chi connectivity index (χ1n) is 13.4. The Morgan fingerprint density at radius 1 is 0.927 bits per heavy atom. The summed E-state index contributed by atoms with van der Waals surface area (Å²) in [6.45, 7) is 0.367. The van der Waals surface area contributed by atoms with E-state index in [0.29, 0.717) is 35.2 Å². The lowest BCUT2D eigenvalue weighted by Crippen LogP contribution is -2.26. The Kier molecular flexibility index (Phi) is 7.00. The van der Waals surface area contributed by atoms with Crippen LogP contribution < -0.4 is 15.7 Å². The van der Waals surface area contributed by atoms with Gasteiger partial charge in [-0.15, -0.1) is 0 Å². The van der Waals surface area contributed by atoms with Gasteiger partial charge in [0.05, 0.1) is 24.0 Å². The average molecular weight is 545 g/mol. The van der Waals surface area contributed by atoms with Gasteiger partial charge in [-0.25, -0.2) is 4.79 Å². The number of aromatic amines is 1. The highest BCUT2D eigenvalue weighted by atomic mass is 16.5. The summed E-state index contributed by atoms with van der Waals surface area (Å²) in [4.78, 5) is 29.8. The van der Waals surface area contributed by atoms with E-state index in [1.807, 2.05) is 66.7 Å². The number of ether oxygens (including phenoxy) is 1. The van der Waals surface area contributed by atoms with E-state index in [9.17, 15) is 14.7 Å². The molecule has 1 unspecified atom stereocenters. The molecule has 6 rings (SSSR count). The number of amides is 1. The van der Waals surface area contributed by atoms with Crippen molar-refractivity contribution in [3.63, 3.8) is 0 Å². The van der Waals surface area contributed by atoms with Gasteiger partial charge in [0.25, 0.3) is 5.91 Å². The van der Waals surface area contributed by atoms with Crippen LogP contribution in [0.15, 0.2) is 112 Å². The Labute approximate surface area is 236 Å². The van der Waals surface area contributed by atoms with Gasteiger partial charge in [0.2, 0.25) is 0 Å². The number of aromatic hydroxyl groups is 1. The van der Waals surface area contributed by atoms with Gasteiger partial charge in [0.15, 0.2) is 0 Å². The molecule has 3 N–H and O–H groups in total. The minimum atomic E-state index is -0.710. The normalized spacial score (nSPS) is 11.9. The summed E-state index contributed by atoms with van der Waals surface area (Å²) in [5.41, 5.74) is 3.66. The molecule has 0 radical (unpaired) electrons. The molecule has 0 aliphatic carbocycles. The molecule has 204 valence electrons. The summed E-state index contributed by atoms with van der Waals surface area (Å²) >= 11 is 0. The monoisotopic (exact) mass is 544 g/mol. The quantitative estimate of drug-likeness (QED) is 0.200. The van der Waals surface area contributed by atoms with Crippen molar-refractivity contribution in [3.05, 3.63) is 141 Å². The number of methoxy groups -OCH3 is 1. The Morgan fingerprint density at radius 3 is 2.46 bits per heavy atom. The average Bonchev–Trinajstić information content (AvgIpc) is 3.37. The van der Waals surface area contributed by atoms with Gasteiger partial charge >= 0.3 is 5.63 Å². The fourth-order valence-corrected chi connectivity index (χ4v) is 5.43. The molecular formula is C34H28N2O5. The molecule has 7 nitrogen and oxygen atoms in total. The standard InChI is InChI=1S/C34H28N2O5/c1-40-23-13-9-12-22(20-23)29(30-32(37)26-15-6-8-17-28(26)41-34(30)39)31-25(24-14-5-7-16-27(24)36-31)18-19-35-33(38)21-10-3-2-4-11-21/h2-17,20,29,36-37H,18-19H2,1H3,(H,35,38). The summed E-state index contributed by atoms with van der Waals surface area (Å²) in [5.74, 6) is -0.390. The van der Waals surface area contributed by atoms with Crippen molar-refractivity contribution in [2.24, 2.45) is 0 Å². The van der Waals surface area contributed by atoms with Crippen molar-refractivity contribution in [1.82, 2.24) is 10.3 Å². The van der Waals surface area contributed by atoms with Crippen LogP contribution in [0.5, 0.6) is 11.5 Å². The van der Waals surface area contributed by atoms with Crippen LogP contribution in [0.25, 0.3) is 21.9 Å². The number of aromatic nitrogens is 1. The molecule has 6 aromatic rings. The van der Waals surface area contributed by atoms with Crippen LogP contribution in [0.2, 0.25) is 0 Å². The number of hydrogen-bond acceptors (Lipinski definition) is 5. The Morgan fingerprint density at radius 2 is 1.66 bits per heavy atom. The topological polar surface area (TPSA) is 105 Å². The number of carbonyl (C=O) groups is 1. The summed E-state index contributed by atoms with van der Waals surface area (Å²) in [7, 11) is 1.58. The maximum atomic E-state index is 13.6. The zero-order chi connectivity index (χ0) is 28.3. The van der Waals surface area contributed by atoms with E-state index in [1.54, 1.807) is 43.5 Å². The van der Waals surface area contributed by atoms with E-state index >= 15 is 0 Å². The molecule has 0 saturated carbocycles. The maximum absolute atomic E-state index is 13.6. The van der Waals surface area contributed by atoms with Crippen molar-refractivity contribution in [2.45, 2.75) is 12.3 Å². The van der Waals surface area contributed by atoms with E-state index < -0.39 is 11.5 Å². The summed E-state index contributed by atoms with van der Waals surface area (Å²) in [6, 6.07) is 31.3. The third kappa shape index (κ3) is 4.94. The van der Waals surface area contributed by atoms with Crippen molar-refractivity contribution in [2.75, 3.05) is 13.7 Å². The van der Waals surface area contributed by atoms with Crippen LogP contribution in [-0.2, 0) is 6.42 Å². The molecule has 0 saturated heterocycles. The second-order valence-electron chi connectivity index (χ2n) is 9.79. The van der Waals surface area contributed by atoms with E-state index in [-0.39, 0.29) is 17.2 Å². The fourth-order valence-electron chi connectivity index (χ4n) is 5.43. The molecule has 0 aliphatic heterocycles. The molecule has 1 amide bonds. The van der Waals surface area contributed by atoms with Crippen LogP contribution in [0.4, 0.5) is 0 Å². The predicted octanol–water partition coefficient (Wildman–Crippen LogP) is 6.14. The molecule has 7 heteroatoms. The van der Waals surface area contributed by atoms with Crippen molar-refractivity contribution in [1.29, 1.82) is 0 Å². The lowest BCUT2D eigenvalue weighted by atomic mass is 9.85. The molecule has 0 fully saturated rings. The SMILES string of the molecule is COc1cccc(C(c2[nH]c3ccccc3c2CCNC(=O)c2ccccc2)c2c(O)c3ccccc3oc2=O)c1. The zero-order valence-electron chi connectivity index (χ0n) is 22.4. The minimum Gasteiger partial charge on any atom is -0.507 e. The van der Waals surface area contributed by atoms with Gasteiger partial charge in [0, 0.05) is 28.7 Å². The number of para-hydroxylation sites is 2. The molecule has 2 aromatic heterocycles. The number of H-pyrrole nitrogens is 1. The maximum Gasteiger partial charge on any atom is 0.344 e. The summed E-state index contributed by atoms with van der Waals surface area (Å²) in [5, 5.41) is 16.0. The van der Waals surface area contributed by atoms with Crippen LogP contribution >= 0.6 is 0 Å². The van der Waals surface area contributed by atoms with Gasteiger partial charge < -0.3 is 24.6 Å². The third-order valence-electron chi connectivity index (χ3n) is 7.37. The van der Waals surface area contributed by atoms with E-state index in [2.05, 4.69) is 10.3 Å². The summed E-state index contributed by atoms with van der Waals surface area (Å²) < 4.78 is 11.2. The number of nitrogens with one attached hydrogen (secondary N) is 2. The van der Waals surface area contributed by atoms with Gasteiger partial charge in [-0.3, -0.25) is 4.79 Å². The lowest BCUT2D eigenvalue weighted by molar-refractivity contribution is 0.0954. The second kappa shape index (κ2) is 11.1. The molecule has 0 spiro atoms. The van der Waals surface area contributed by atoms with E-state index in [0.717, 1.165) is 27.7 Å². The van der Waals surface area contributed by atoms with E-state index in [4.69, 9.17) is 9.15 Å². The molecule has 41 heavy (non-hydrogen) atoms. The van der Waals surface area contributed by atoms with Crippen molar-refractivity contribution in [3.8, 4) is 11.5 Å². The first kappa shape index (κ1) is 26.0. The second-order valence-corrected chi connectivity index (χ2v) is 9.79.